The SMILES string of the molecule is O=C(Nc1ccc2c(c1)NC(c1cscn1)N2)C(c1ccccc1)c1ccccc1. The summed E-state index contributed by atoms with van der Waals surface area (Å²) >= 11 is 1.57. The number of anilines is 3. The summed E-state index contributed by atoms with van der Waals surface area (Å²) in [5.41, 5.74) is 7.39. The summed E-state index contributed by atoms with van der Waals surface area (Å²) in [5, 5.41) is 12.0. The molecule has 2 heterocycles. The number of carbonyl (C=O) groups excluding carboxylic acids is 1. The Morgan fingerprint density at radius 3 is 2.20 bits per heavy atom. The Morgan fingerprint density at radius 2 is 1.57 bits per heavy atom. The normalized spacial score (nSPS) is 14.6. The molecule has 0 aliphatic carbocycles. The molecule has 3 aromatic carbocycles. The minimum Gasteiger partial charge on any atom is -0.359 e. The molecule has 1 amide bonds. The third-order valence-corrected chi connectivity index (χ3v) is 5.77. The Kier molecular flexibility index (Phi) is 4.91. The minimum absolute atomic E-state index is 0.0569. The molecule has 0 radical (unpaired) electrons. The van der Waals surface area contributed by atoms with E-state index in [2.05, 4.69) is 20.9 Å². The number of rotatable bonds is 5. The number of hydrogen-bond acceptors (Lipinski definition) is 5. The van der Waals surface area contributed by atoms with E-state index in [4.69, 9.17) is 0 Å². The largest absolute Gasteiger partial charge is 0.359 e. The molecule has 4 aromatic rings. The third-order valence-electron chi connectivity index (χ3n) is 5.16. The van der Waals surface area contributed by atoms with Gasteiger partial charge in [-0.15, -0.1) is 11.3 Å². The predicted octanol–water partition coefficient (Wildman–Crippen LogP) is 5.45. The lowest BCUT2D eigenvalue weighted by Crippen LogP contribution is -2.22. The van der Waals surface area contributed by atoms with E-state index in [9.17, 15) is 4.79 Å². The van der Waals surface area contributed by atoms with Crippen molar-refractivity contribution in [2.45, 2.75) is 12.1 Å². The fourth-order valence-corrected chi connectivity index (χ4v) is 4.31. The molecule has 1 atom stereocenters. The molecule has 6 heteroatoms. The Labute approximate surface area is 178 Å². The Morgan fingerprint density at radius 1 is 0.900 bits per heavy atom. The summed E-state index contributed by atoms with van der Waals surface area (Å²) < 4.78 is 0. The second-order valence-electron chi connectivity index (χ2n) is 7.14. The first kappa shape index (κ1) is 18.4. The molecular weight excluding hydrogens is 392 g/mol. The average molecular weight is 413 g/mol. The van der Waals surface area contributed by atoms with Crippen molar-refractivity contribution < 1.29 is 4.79 Å². The van der Waals surface area contributed by atoms with Crippen LogP contribution in [0.5, 0.6) is 0 Å². The number of fused-ring (bicyclic) bond motifs is 1. The molecule has 30 heavy (non-hydrogen) atoms. The minimum atomic E-state index is -0.380. The summed E-state index contributed by atoms with van der Waals surface area (Å²) in [6.45, 7) is 0. The van der Waals surface area contributed by atoms with Crippen LogP contribution in [-0.4, -0.2) is 10.9 Å². The lowest BCUT2D eigenvalue weighted by Gasteiger charge is -2.18. The summed E-state index contributed by atoms with van der Waals surface area (Å²) in [7, 11) is 0. The topological polar surface area (TPSA) is 66.0 Å². The van der Waals surface area contributed by atoms with Crippen LogP contribution in [0.3, 0.4) is 0 Å². The molecule has 1 aromatic heterocycles. The zero-order chi connectivity index (χ0) is 20.3. The number of hydrogen-bond donors (Lipinski definition) is 3. The van der Waals surface area contributed by atoms with Gasteiger partial charge in [0.25, 0.3) is 0 Å². The lowest BCUT2D eigenvalue weighted by molar-refractivity contribution is -0.116. The van der Waals surface area contributed by atoms with Crippen molar-refractivity contribution in [2.75, 3.05) is 16.0 Å². The molecule has 0 fully saturated rings. The highest BCUT2D eigenvalue weighted by Gasteiger charge is 2.25. The first-order chi connectivity index (χ1) is 14.8. The molecule has 0 saturated carbocycles. The quantitative estimate of drug-likeness (QED) is 0.408. The van der Waals surface area contributed by atoms with Gasteiger partial charge in [-0.2, -0.15) is 0 Å². The van der Waals surface area contributed by atoms with Crippen LogP contribution in [0.2, 0.25) is 0 Å². The van der Waals surface area contributed by atoms with Gasteiger partial charge in [0.05, 0.1) is 28.5 Å². The molecule has 0 bridgehead atoms. The molecule has 1 aliphatic rings. The standard InChI is InChI=1S/C24H20N4OS/c29-24(22(16-7-3-1-4-8-16)17-9-5-2-6-10-17)26-18-11-12-19-20(13-18)28-23(27-19)21-14-30-15-25-21/h1-15,22-23,27-28H,(H,26,29). The van der Waals surface area contributed by atoms with Gasteiger partial charge in [-0.3, -0.25) is 4.79 Å². The smallest absolute Gasteiger partial charge is 0.236 e. The highest BCUT2D eigenvalue weighted by molar-refractivity contribution is 7.07. The third kappa shape index (κ3) is 3.65. The van der Waals surface area contributed by atoms with Crippen molar-refractivity contribution in [3.05, 3.63) is 107 Å². The number of thiazole rings is 1. The second-order valence-corrected chi connectivity index (χ2v) is 7.86. The van der Waals surface area contributed by atoms with E-state index in [-0.39, 0.29) is 18.0 Å². The molecule has 1 unspecified atom stereocenters. The monoisotopic (exact) mass is 412 g/mol. The van der Waals surface area contributed by atoms with Crippen LogP contribution >= 0.6 is 11.3 Å². The van der Waals surface area contributed by atoms with Gasteiger partial charge in [0.1, 0.15) is 6.17 Å². The zero-order valence-corrected chi connectivity index (χ0v) is 16.9. The molecule has 5 rings (SSSR count). The molecule has 148 valence electrons. The van der Waals surface area contributed by atoms with E-state index >= 15 is 0 Å². The van der Waals surface area contributed by atoms with Gasteiger partial charge in [0.2, 0.25) is 5.91 Å². The van der Waals surface area contributed by atoms with E-state index in [1.165, 1.54) is 0 Å². The van der Waals surface area contributed by atoms with E-state index in [0.29, 0.717) is 0 Å². The first-order valence-corrected chi connectivity index (χ1v) is 10.7. The van der Waals surface area contributed by atoms with E-state index in [1.807, 2.05) is 89.8 Å². The van der Waals surface area contributed by atoms with Crippen LogP contribution in [0.25, 0.3) is 0 Å². The molecule has 0 saturated heterocycles. The Hall–Kier alpha value is -3.64. The van der Waals surface area contributed by atoms with Gasteiger partial charge in [0.15, 0.2) is 0 Å². The van der Waals surface area contributed by atoms with E-state index in [1.54, 1.807) is 11.3 Å². The maximum absolute atomic E-state index is 13.3. The van der Waals surface area contributed by atoms with Crippen LogP contribution in [0.4, 0.5) is 17.1 Å². The van der Waals surface area contributed by atoms with Gasteiger partial charge >= 0.3 is 0 Å². The lowest BCUT2D eigenvalue weighted by atomic mass is 9.90. The summed E-state index contributed by atoms with van der Waals surface area (Å²) in [4.78, 5) is 17.7. The van der Waals surface area contributed by atoms with Gasteiger partial charge < -0.3 is 16.0 Å². The molecular formula is C24H20N4OS. The Balaban J connectivity index is 1.39. The number of carbonyl (C=O) groups is 1. The average Bonchev–Trinajstić information content (AvgIpc) is 3.45. The fraction of sp³-hybridized carbons (Fsp3) is 0.0833. The van der Waals surface area contributed by atoms with Crippen LogP contribution < -0.4 is 16.0 Å². The summed E-state index contributed by atoms with van der Waals surface area (Å²) in [6.07, 6.45) is -0.0569. The van der Waals surface area contributed by atoms with Crippen LogP contribution in [0, 0.1) is 0 Å². The van der Waals surface area contributed by atoms with Crippen LogP contribution in [-0.2, 0) is 4.79 Å². The first-order valence-electron chi connectivity index (χ1n) is 9.74. The summed E-state index contributed by atoms with van der Waals surface area (Å²) in [6, 6.07) is 25.6. The van der Waals surface area contributed by atoms with Crippen molar-refractivity contribution in [1.29, 1.82) is 0 Å². The van der Waals surface area contributed by atoms with Gasteiger partial charge in [-0.05, 0) is 29.3 Å². The van der Waals surface area contributed by atoms with Crippen LogP contribution in [0.15, 0.2) is 89.8 Å². The number of aromatic nitrogens is 1. The molecule has 1 aliphatic heterocycles. The second kappa shape index (κ2) is 8.00. The van der Waals surface area contributed by atoms with Gasteiger partial charge in [-0.1, -0.05) is 60.7 Å². The van der Waals surface area contributed by atoms with Crippen molar-refractivity contribution in [3.63, 3.8) is 0 Å². The highest BCUT2D eigenvalue weighted by Crippen LogP contribution is 2.37. The number of amides is 1. The maximum Gasteiger partial charge on any atom is 0.236 e. The van der Waals surface area contributed by atoms with Crippen molar-refractivity contribution >= 4 is 34.3 Å². The summed E-state index contributed by atoms with van der Waals surface area (Å²) in [5.74, 6) is -0.441. The Bertz CT molecular complexity index is 1110. The maximum atomic E-state index is 13.3. The fourth-order valence-electron chi connectivity index (χ4n) is 3.73. The predicted molar refractivity (Wildman–Crippen MR) is 122 cm³/mol. The van der Waals surface area contributed by atoms with Crippen molar-refractivity contribution in [2.24, 2.45) is 0 Å². The number of benzene rings is 3. The van der Waals surface area contributed by atoms with Crippen LogP contribution in [0.1, 0.15) is 28.9 Å². The van der Waals surface area contributed by atoms with Gasteiger partial charge in [0, 0.05) is 11.1 Å². The number of nitrogens with zero attached hydrogens (tertiary/aromatic N) is 1. The zero-order valence-electron chi connectivity index (χ0n) is 16.1. The number of nitrogens with one attached hydrogen (secondary N) is 3. The molecule has 3 N–H and O–H groups in total. The van der Waals surface area contributed by atoms with E-state index < -0.39 is 0 Å². The van der Waals surface area contributed by atoms with Crippen molar-refractivity contribution in [3.8, 4) is 0 Å². The molecule has 0 spiro atoms. The van der Waals surface area contributed by atoms with Gasteiger partial charge in [-0.25, -0.2) is 4.98 Å². The molecule has 5 nitrogen and oxygen atoms in total. The van der Waals surface area contributed by atoms with Crippen molar-refractivity contribution in [1.82, 2.24) is 4.98 Å². The highest BCUT2D eigenvalue weighted by atomic mass is 32.1. The van der Waals surface area contributed by atoms with E-state index in [0.717, 1.165) is 33.9 Å².